The third-order valence-electron chi connectivity index (χ3n) is 2.17. The van der Waals surface area contributed by atoms with Crippen molar-refractivity contribution < 1.29 is 4.79 Å². The van der Waals surface area contributed by atoms with Crippen LogP contribution < -0.4 is 0 Å². The zero-order chi connectivity index (χ0) is 10.1. The quantitative estimate of drug-likeness (QED) is 0.570. The van der Waals surface area contributed by atoms with Crippen LogP contribution >= 0.6 is 12.2 Å². The Morgan fingerprint density at radius 1 is 1.36 bits per heavy atom. The van der Waals surface area contributed by atoms with Gasteiger partial charge >= 0.3 is 0 Å². The molecular formula is C11H9NOS. The Bertz CT molecular complexity index is 556. The second-order valence-corrected chi connectivity index (χ2v) is 3.60. The Morgan fingerprint density at radius 3 is 2.86 bits per heavy atom. The van der Waals surface area contributed by atoms with Gasteiger partial charge < -0.3 is 4.98 Å². The third-order valence-corrected chi connectivity index (χ3v) is 2.52. The molecule has 1 aromatic carbocycles. The minimum Gasteiger partial charge on any atom is -0.361 e. The molecule has 0 aliphatic heterocycles. The van der Waals surface area contributed by atoms with E-state index in [0.717, 1.165) is 15.4 Å². The van der Waals surface area contributed by atoms with Crippen LogP contribution in [-0.2, 0) is 0 Å². The predicted octanol–water partition coefficient (Wildman–Crippen LogP) is 3.10. The van der Waals surface area contributed by atoms with Gasteiger partial charge in [-0.3, -0.25) is 4.79 Å². The summed E-state index contributed by atoms with van der Waals surface area (Å²) >= 11 is 5.16. The first-order valence-corrected chi connectivity index (χ1v) is 4.72. The smallest absolute Gasteiger partial charge is 0.159 e. The summed E-state index contributed by atoms with van der Waals surface area (Å²) in [7, 11) is 0. The molecule has 0 saturated heterocycles. The summed E-state index contributed by atoms with van der Waals surface area (Å²) in [4.78, 5) is 14.2. The number of hydrogen-bond donors (Lipinski definition) is 1. The van der Waals surface area contributed by atoms with Gasteiger partial charge in [0.1, 0.15) is 0 Å². The van der Waals surface area contributed by atoms with E-state index in [0.29, 0.717) is 5.56 Å². The molecule has 0 bridgehead atoms. The number of carbonyl (C=O) groups excluding carboxylic acids is 1. The number of aromatic amines is 1. The topological polar surface area (TPSA) is 32.9 Å². The lowest BCUT2D eigenvalue weighted by Gasteiger charge is -2.00. The minimum absolute atomic E-state index is 0.0649. The minimum atomic E-state index is 0.0649. The van der Waals surface area contributed by atoms with Gasteiger partial charge in [0.15, 0.2) is 5.78 Å². The number of Topliss-reactive ketones (excluding diaryl/α,β-unsaturated/α-hetero) is 1. The van der Waals surface area contributed by atoms with Crippen molar-refractivity contribution in [1.82, 2.24) is 4.98 Å². The summed E-state index contributed by atoms with van der Waals surface area (Å²) in [5.41, 5.74) is 1.61. The molecule has 1 aromatic heterocycles. The predicted molar refractivity (Wildman–Crippen MR) is 59.1 cm³/mol. The van der Waals surface area contributed by atoms with Crippen molar-refractivity contribution in [2.75, 3.05) is 0 Å². The molecule has 0 fully saturated rings. The Morgan fingerprint density at radius 2 is 2.14 bits per heavy atom. The number of hydrogen-bond acceptors (Lipinski definition) is 2. The first kappa shape index (κ1) is 9.09. The molecule has 3 heteroatoms. The van der Waals surface area contributed by atoms with Gasteiger partial charge in [-0.25, -0.2) is 0 Å². The highest BCUT2D eigenvalue weighted by Gasteiger charge is 2.01. The van der Waals surface area contributed by atoms with E-state index in [-0.39, 0.29) is 5.78 Å². The van der Waals surface area contributed by atoms with Crippen LogP contribution in [0.3, 0.4) is 0 Å². The number of H-pyrrole nitrogens is 1. The van der Waals surface area contributed by atoms with Gasteiger partial charge in [-0.1, -0.05) is 24.4 Å². The van der Waals surface area contributed by atoms with Crippen molar-refractivity contribution in [1.29, 1.82) is 0 Å². The van der Waals surface area contributed by atoms with Crippen molar-refractivity contribution in [3.63, 3.8) is 0 Å². The number of nitrogens with one attached hydrogen (secondary N) is 1. The molecule has 2 rings (SSSR count). The second kappa shape index (κ2) is 3.35. The number of aromatic nitrogens is 1. The normalized spacial score (nSPS) is 10.4. The van der Waals surface area contributed by atoms with Gasteiger partial charge in [0.2, 0.25) is 0 Å². The molecule has 0 amide bonds. The van der Waals surface area contributed by atoms with Crippen LogP contribution in [0, 0.1) is 4.51 Å². The van der Waals surface area contributed by atoms with Gasteiger partial charge in [-0.2, -0.15) is 0 Å². The first-order chi connectivity index (χ1) is 6.68. The van der Waals surface area contributed by atoms with Gasteiger partial charge in [0, 0.05) is 27.2 Å². The van der Waals surface area contributed by atoms with Crippen molar-refractivity contribution >= 4 is 28.9 Å². The van der Waals surface area contributed by atoms with Crippen molar-refractivity contribution in [2.24, 2.45) is 0 Å². The third kappa shape index (κ3) is 1.46. The van der Waals surface area contributed by atoms with Gasteiger partial charge in [0.05, 0.1) is 0 Å². The van der Waals surface area contributed by atoms with Crippen molar-refractivity contribution in [3.8, 4) is 0 Å². The number of benzene rings is 1. The van der Waals surface area contributed by atoms with E-state index in [1.54, 1.807) is 19.2 Å². The molecule has 1 N–H and O–H groups in total. The molecule has 1 heterocycles. The highest BCUT2D eigenvalue weighted by atomic mass is 32.1. The van der Waals surface area contributed by atoms with Crippen molar-refractivity contribution in [2.45, 2.75) is 6.92 Å². The van der Waals surface area contributed by atoms with E-state index in [1.807, 2.05) is 18.2 Å². The monoisotopic (exact) mass is 203 g/mol. The molecule has 0 atom stereocenters. The Hall–Kier alpha value is -1.48. The van der Waals surface area contributed by atoms with Crippen LogP contribution in [-0.4, -0.2) is 10.8 Å². The fourth-order valence-electron chi connectivity index (χ4n) is 1.39. The summed E-state index contributed by atoms with van der Waals surface area (Å²) in [6.45, 7) is 1.55. The maximum Gasteiger partial charge on any atom is 0.159 e. The molecule has 0 unspecified atom stereocenters. The lowest BCUT2D eigenvalue weighted by atomic mass is 10.1. The lowest BCUT2D eigenvalue weighted by Crippen LogP contribution is -1.91. The van der Waals surface area contributed by atoms with E-state index in [2.05, 4.69) is 4.98 Å². The summed E-state index contributed by atoms with van der Waals surface area (Å²) < 4.78 is 0.800. The molecule has 2 aromatic rings. The average Bonchev–Trinajstić information content (AvgIpc) is 2.17. The van der Waals surface area contributed by atoms with E-state index < -0.39 is 0 Å². The van der Waals surface area contributed by atoms with Crippen LogP contribution in [0.2, 0.25) is 0 Å². The molecular weight excluding hydrogens is 194 g/mol. The molecule has 0 radical (unpaired) electrons. The number of rotatable bonds is 1. The molecule has 70 valence electrons. The molecule has 0 aliphatic carbocycles. The van der Waals surface area contributed by atoms with Gasteiger partial charge in [-0.05, 0) is 19.1 Å². The molecule has 0 spiro atoms. The van der Waals surface area contributed by atoms with E-state index in [9.17, 15) is 4.79 Å². The number of ketones is 1. The Kier molecular flexibility index (Phi) is 2.17. The number of fused-ring (bicyclic) bond motifs is 1. The first-order valence-electron chi connectivity index (χ1n) is 4.31. The van der Waals surface area contributed by atoms with Crippen LogP contribution in [0.25, 0.3) is 10.9 Å². The van der Waals surface area contributed by atoms with Gasteiger partial charge in [-0.15, -0.1) is 0 Å². The van der Waals surface area contributed by atoms with Crippen LogP contribution in [0.4, 0.5) is 0 Å². The highest BCUT2D eigenvalue weighted by Crippen LogP contribution is 2.15. The van der Waals surface area contributed by atoms with Crippen LogP contribution in [0.15, 0.2) is 30.5 Å². The zero-order valence-corrected chi connectivity index (χ0v) is 8.52. The molecule has 14 heavy (non-hydrogen) atoms. The standard InChI is InChI=1S/C11H9NOS/c1-7(13)8-2-3-9-10(6-8)12-5-4-11(9)14/h2-6H,1H3,(H,12,14). The molecule has 0 aliphatic rings. The fraction of sp³-hybridized carbons (Fsp3) is 0.0909. The number of pyridine rings is 1. The SMILES string of the molecule is CC(=O)c1ccc2c(=S)cc[nH]c2c1. The summed E-state index contributed by atoms with van der Waals surface area (Å²) in [6.07, 6.45) is 1.79. The molecule has 2 nitrogen and oxygen atoms in total. The Balaban J connectivity index is 2.80. The van der Waals surface area contributed by atoms with E-state index >= 15 is 0 Å². The highest BCUT2D eigenvalue weighted by molar-refractivity contribution is 7.71. The summed E-state index contributed by atoms with van der Waals surface area (Å²) in [5.74, 6) is 0.0649. The van der Waals surface area contributed by atoms with Crippen LogP contribution in [0.1, 0.15) is 17.3 Å². The average molecular weight is 203 g/mol. The second-order valence-electron chi connectivity index (χ2n) is 3.16. The lowest BCUT2D eigenvalue weighted by molar-refractivity contribution is 0.101. The zero-order valence-electron chi connectivity index (χ0n) is 7.70. The number of carbonyl (C=O) groups is 1. The summed E-state index contributed by atoms with van der Waals surface area (Å²) in [5, 5.41) is 0.979. The van der Waals surface area contributed by atoms with Gasteiger partial charge in [0.25, 0.3) is 0 Å². The Labute approximate surface area is 86.6 Å². The fourth-order valence-corrected chi connectivity index (χ4v) is 1.64. The maximum absolute atomic E-state index is 11.1. The van der Waals surface area contributed by atoms with Crippen LogP contribution in [0.5, 0.6) is 0 Å². The van der Waals surface area contributed by atoms with Crippen molar-refractivity contribution in [3.05, 3.63) is 40.5 Å². The maximum atomic E-state index is 11.1. The molecule has 0 saturated carbocycles. The summed E-state index contributed by atoms with van der Waals surface area (Å²) in [6, 6.07) is 7.35. The van der Waals surface area contributed by atoms with E-state index in [1.165, 1.54) is 0 Å². The van der Waals surface area contributed by atoms with E-state index in [4.69, 9.17) is 12.2 Å². The largest absolute Gasteiger partial charge is 0.361 e.